The molecular formula is C10H11BrN2OS. The molecule has 0 spiro atoms. The fourth-order valence-corrected chi connectivity index (χ4v) is 2.16. The van der Waals surface area contributed by atoms with Gasteiger partial charge in [0.1, 0.15) is 4.60 Å². The van der Waals surface area contributed by atoms with E-state index in [1.54, 1.807) is 11.1 Å². The summed E-state index contributed by atoms with van der Waals surface area (Å²) in [6, 6.07) is 3.74. The van der Waals surface area contributed by atoms with Crippen LogP contribution in [-0.4, -0.2) is 23.2 Å². The van der Waals surface area contributed by atoms with E-state index >= 15 is 0 Å². The van der Waals surface area contributed by atoms with Crippen LogP contribution in [-0.2, 0) is 4.79 Å². The molecule has 0 radical (unpaired) electrons. The lowest BCUT2D eigenvalue weighted by atomic mass is 10.1. The number of pyridine rings is 1. The van der Waals surface area contributed by atoms with Crippen molar-refractivity contribution in [1.29, 1.82) is 0 Å². The van der Waals surface area contributed by atoms with E-state index in [1.807, 2.05) is 12.1 Å². The molecule has 80 valence electrons. The Morgan fingerprint density at radius 3 is 2.93 bits per heavy atom. The van der Waals surface area contributed by atoms with E-state index in [0.717, 1.165) is 22.6 Å². The van der Waals surface area contributed by atoms with Gasteiger partial charge in [0.25, 0.3) is 0 Å². The fraction of sp³-hybridized carbons (Fsp3) is 0.400. The van der Waals surface area contributed by atoms with Crippen LogP contribution in [0, 0.1) is 5.92 Å². The van der Waals surface area contributed by atoms with Gasteiger partial charge in [-0.25, -0.2) is 4.98 Å². The molecule has 5 heteroatoms. The summed E-state index contributed by atoms with van der Waals surface area (Å²) in [5.74, 6) is 1.29. The summed E-state index contributed by atoms with van der Waals surface area (Å²) in [5, 5.41) is 0. The zero-order valence-electron chi connectivity index (χ0n) is 8.06. The maximum Gasteiger partial charge on any atom is 0.227 e. The molecular weight excluding hydrogens is 276 g/mol. The molecule has 1 aromatic heterocycles. The van der Waals surface area contributed by atoms with Gasteiger partial charge in [0.15, 0.2) is 0 Å². The van der Waals surface area contributed by atoms with Crippen LogP contribution in [0.1, 0.15) is 6.42 Å². The van der Waals surface area contributed by atoms with Crippen LogP contribution in [0.4, 0.5) is 5.69 Å². The number of carbonyl (C=O) groups excluding carboxylic acids is 1. The van der Waals surface area contributed by atoms with Crippen molar-refractivity contribution >= 4 is 40.2 Å². The summed E-state index contributed by atoms with van der Waals surface area (Å²) >= 11 is 7.49. The molecule has 0 saturated carbocycles. The van der Waals surface area contributed by atoms with Crippen molar-refractivity contribution < 1.29 is 4.79 Å². The number of hydrogen-bond acceptors (Lipinski definition) is 3. The molecule has 0 N–H and O–H groups in total. The van der Waals surface area contributed by atoms with Crippen molar-refractivity contribution in [3.63, 3.8) is 0 Å². The van der Waals surface area contributed by atoms with Gasteiger partial charge in [-0.15, -0.1) is 0 Å². The zero-order valence-corrected chi connectivity index (χ0v) is 10.5. The third-order valence-corrected chi connectivity index (χ3v) is 3.47. The van der Waals surface area contributed by atoms with E-state index < -0.39 is 0 Å². The maximum atomic E-state index is 11.7. The highest BCUT2D eigenvalue weighted by atomic mass is 79.9. The first-order valence-electron chi connectivity index (χ1n) is 4.73. The van der Waals surface area contributed by atoms with E-state index in [9.17, 15) is 4.79 Å². The van der Waals surface area contributed by atoms with Gasteiger partial charge in [0.2, 0.25) is 5.91 Å². The largest absolute Gasteiger partial charge is 0.311 e. The van der Waals surface area contributed by atoms with Gasteiger partial charge in [-0.2, -0.15) is 12.6 Å². The summed E-state index contributed by atoms with van der Waals surface area (Å²) in [5.41, 5.74) is 0.868. The van der Waals surface area contributed by atoms with Crippen LogP contribution >= 0.6 is 28.6 Å². The first-order chi connectivity index (χ1) is 7.20. The molecule has 1 aliphatic heterocycles. The van der Waals surface area contributed by atoms with Gasteiger partial charge >= 0.3 is 0 Å². The van der Waals surface area contributed by atoms with E-state index in [2.05, 4.69) is 33.5 Å². The van der Waals surface area contributed by atoms with Crippen LogP contribution in [0.3, 0.4) is 0 Å². The van der Waals surface area contributed by atoms with Gasteiger partial charge in [0, 0.05) is 13.0 Å². The Morgan fingerprint density at radius 1 is 1.60 bits per heavy atom. The second-order valence-corrected chi connectivity index (χ2v) is 4.77. The van der Waals surface area contributed by atoms with Crippen molar-refractivity contribution in [2.75, 3.05) is 17.2 Å². The van der Waals surface area contributed by atoms with Crippen molar-refractivity contribution in [2.24, 2.45) is 5.92 Å². The molecule has 1 atom stereocenters. The normalized spacial score (nSPS) is 21.1. The highest BCUT2D eigenvalue weighted by molar-refractivity contribution is 9.10. The second-order valence-electron chi connectivity index (χ2n) is 3.60. The van der Waals surface area contributed by atoms with Crippen LogP contribution in [0.2, 0.25) is 0 Å². The Balaban J connectivity index is 2.18. The Labute approximate surface area is 102 Å². The summed E-state index contributed by atoms with van der Waals surface area (Å²) in [6.07, 6.45) is 2.31. The minimum atomic E-state index is 0.165. The van der Waals surface area contributed by atoms with E-state index in [1.165, 1.54) is 0 Å². The van der Waals surface area contributed by atoms with Crippen LogP contribution < -0.4 is 4.90 Å². The Bertz CT molecular complexity index is 368. The van der Waals surface area contributed by atoms with Crippen LogP contribution in [0.25, 0.3) is 0 Å². The molecule has 1 amide bonds. The molecule has 0 aliphatic carbocycles. The minimum Gasteiger partial charge on any atom is -0.311 e. The number of amides is 1. The minimum absolute atomic E-state index is 0.165. The zero-order chi connectivity index (χ0) is 10.8. The van der Waals surface area contributed by atoms with Gasteiger partial charge in [-0.1, -0.05) is 0 Å². The second kappa shape index (κ2) is 4.53. The van der Waals surface area contributed by atoms with Gasteiger partial charge < -0.3 is 4.90 Å². The number of thiol groups is 1. The number of rotatable bonds is 2. The maximum absolute atomic E-state index is 11.7. The average molecular weight is 287 g/mol. The number of hydrogen-bond donors (Lipinski definition) is 1. The fourth-order valence-electron chi connectivity index (χ4n) is 1.68. The molecule has 15 heavy (non-hydrogen) atoms. The highest BCUT2D eigenvalue weighted by Gasteiger charge is 2.29. The lowest BCUT2D eigenvalue weighted by molar-refractivity contribution is -0.117. The lowest BCUT2D eigenvalue weighted by Gasteiger charge is -2.15. The first-order valence-corrected chi connectivity index (χ1v) is 6.16. The third-order valence-electron chi connectivity index (χ3n) is 2.49. The van der Waals surface area contributed by atoms with Crippen molar-refractivity contribution in [1.82, 2.24) is 4.98 Å². The SMILES string of the molecule is O=C1CC(CS)CN1c1ccc(Br)nc1. The molecule has 1 aromatic rings. The standard InChI is InChI=1S/C10H11BrN2OS/c11-9-2-1-8(4-12-9)13-5-7(6-15)3-10(13)14/h1-2,4,7,15H,3,5-6H2. The Morgan fingerprint density at radius 2 is 2.40 bits per heavy atom. The Kier molecular flexibility index (Phi) is 3.31. The number of anilines is 1. The van der Waals surface area contributed by atoms with Crippen molar-refractivity contribution in [3.05, 3.63) is 22.9 Å². The highest BCUT2D eigenvalue weighted by Crippen LogP contribution is 2.25. The Hall–Kier alpha value is -0.550. The molecule has 1 saturated heterocycles. The monoisotopic (exact) mass is 286 g/mol. The number of halogens is 1. The smallest absolute Gasteiger partial charge is 0.227 e. The summed E-state index contributed by atoms with van der Waals surface area (Å²) in [7, 11) is 0. The predicted molar refractivity (Wildman–Crippen MR) is 66.3 cm³/mol. The number of carbonyl (C=O) groups is 1. The molecule has 2 heterocycles. The molecule has 0 aromatic carbocycles. The summed E-state index contributed by atoms with van der Waals surface area (Å²) in [4.78, 5) is 17.6. The third kappa shape index (κ3) is 2.34. The van der Waals surface area contributed by atoms with Gasteiger partial charge in [-0.05, 0) is 39.7 Å². The lowest BCUT2D eigenvalue weighted by Crippen LogP contribution is -2.24. The molecule has 1 unspecified atom stereocenters. The van der Waals surface area contributed by atoms with Crippen LogP contribution in [0.15, 0.2) is 22.9 Å². The topological polar surface area (TPSA) is 33.2 Å². The van der Waals surface area contributed by atoms with Crippen LogP contribution in [0.5, 0.6) is 0 Å². The molecule has 3 nitrogen and oxygen atoms in total. The quantitative estimate of drug-likeness (QED) is 0.667. The van der Waals surface area contributed by atoms with Crippen molar-refractivity contribution in [2.45, 2.75) is 6.42 Å². The molecule has 1 fully saturated rings. The molecule has 1 aliphatic rings. The van der Waals surface area contributed by atoms with E-state index in [4.69, 9.17) is 0 Å². The van der Waals surface area contributed by atoms with Gasteiger partial charge in [0.05, 0.1) is 11.9 Å². The average Bonchev–Trinajstić information content (AvgIpc) is 2.61. The van der Waals surface area contributed by atoms with E-state index in [-0.39, 0.29) is 5.91 Å². The molecule has 0 bridgehead atoms. The number of nitrogens with zero attached hydrogens (tertiary/aromatic N) is 2. The summed E-state index contributed by atoms with van der Waals surface area (Å²) < 4.78 is 0.781. The molecule has 2 rings (SSSR count). The predicted octanol–water partition coefficient (Wildman–Crippen LogP) is 2.13. The number of aromatic nitrogens is 1. The van der Waals surface area contributed by atoms with Crippen molar-refractivity contribution in [3.8, 4) is 0 Å². The van der Waals surface area contributed by atoms with E-state index in [0.29, 0.717) is 12.3 Å². The first kappa shape index (κ1) is 11.0. The summed E-state index contributed by atoms with van der Waals surface area (Å²) in [6.45, 7) is 0.756. The van der Waals surface area contributed by atoms with Gasteiger partial charge in [-0.3, -0.25) is 4.79 Å².